The highest BCUT2D eigenvalue weighted by molar-refractivity contribution is 5.70. The van der Waals surface area contributed by atoms with E-state index in [1.54, 1.807) is 0 Å². The van der Waals surface area contributed by atoms with Crippen molar-refractivity contribution in [3.05, 3.63) is 0 Å². The molecule has 0 bridgehead atoms. The van der Waals surface area contributed by atoms with E-state index in [4.69, 9.17) is 18.9 Å². The molecule has 0 unspecified atom stereocenters. The van der Waals surface area contributed by atoms with Crippen LogP contribution in [0.3, 0.4) is 0 Å². The van der Waals surface area contributed by atoms with Crippen LogP contribution in [0.25, 0.3) is 0 Å². The van der Waals surface area contributed by atoms with E-state index in [1.165, 1.54) is 0 Å². The van der Waals surface area contributed by atoms with Gasteiger partial charge in [0.1, 0.15) is 32.2 Å². The van der Waals surface area contributed by atoms with Gasteiger partial charge in [-0.05, 0) is 12.8 Å². The molecule has 0 amide bonds. The number of fused-ring (bicyclic) bond motifs is 1. The van der Waals surface area contributed by atoms with Gasteiger partial charge in [0.2, 0.25) is 0 Å². The van der Waals surface area contributed by atoms with Crippen molar-refractivity contribution in [1.82, 2.24) is 0 Å². The fraction of sp³-hybridized carbons (Fsp3) is 0.818. The van der Waals surface area contributed by atoms with E-state index in [2.05, 4.69) is 0 Å². The summed E-state index contributed by atoms with van der Waals surface area (Å²) in [7, 11) is 0. The maximum atomic E-state index is 11.3. The summed E-state index contributed by atoms with van der Waals surface area (Å²) in [6, 6.07) is 0. The van der Waals surface area contributed by atoms with Crippen LogP contribution in [0.5, 0.6) is 0 Å². The van der Waals surface area contributed by atoms with Crippen molar-refractivity contribution in [3.63, 3.8) is 0 Å². The van der Waals surface area contributed by atoms with Crippen LogP contribution >= 0.6 is 0 Å². The van der Waals surface area contributed by atoms with Gasteiger partial charge in [-0.25, -0.2) is 0 Å². The minimum atomic E-state index is -0.342. The number of rotatable bonds is 0. The third-order valence-corrected chi connectivity index (χ3v) is 2.81. The molecule has 0 aromatic carbocycles. The van der Waals surface area contributed by atoms with Gasteiger partial charge in [0.25, 0.3) is 0 Å². The smallest absolute Gasteiger partial charge is 0.305 e. The lowest BCUT2D eigenvalue weighted by molar-refractivity contribution is -0.152. The molecule has 6 heteroatoms. The third kappa shape index (κ3) is 3.67. The molecule has 2 saturated heterocycles. The summed E-state index contributed by atoms with van der Waals surface area (Å²) in [4.78, 5) is 22.7. The van der Waals surface area contributed by atoms with Gasteiger partial charge in [0.05, 0.1) is 0 Å². The van der Waals surface area contributed by atoms with Crippen molar-refractivity contribution in [2.75, 3.05) is 20.0 Å². The minimum Gasteiger partial charge on any atom is -0.463 e. The Morgan fingerprint density at radius 2 is 1.29 bits per heavy atom. The van der Waals surface area contributed by atoms with Gasteiger partial charge in [-0.2, -0.15) is 0 Å². The van der Waals surface area contributed by atoms with E-state index in [0.29, 0.717) is 25.7 Å². The normalized spacial score (nSPS) is 31.8. The van der Waals surface area contributed by atoms with Gasteiger partial charge in [-0.15, -0.1) is 0 Å². The summed E-state index contributed by atoms with van der Waals surface area (Å²) < 4.78 is 20.6. The van der Waals surface area contributed by atoms with Crippen LogP contribution in [-0.2, 0) is 28.5 Å². The lowest BCUT2D eigenvalue weighted by Gasteiger charge is -2.17. The van der Waals surface area contributed by atoms with Gasteiger partial charge in [-0.3, -0.25) is 9.59 Å². The number of esters is 2. The molecule has 96 valence electrons. The molecule has 6 nitrogen and oxygen atoms in total. The lowest BCUT2D eigenvalue weighted by atomic mass is 10.2. The summed E-state index contributed by atoms with van der Waals surface area (Å²) in [6.07, 6.45) is 1.24. The Morgan fingerprint density at radius 3 is 1.76 bits per heavy atom. The van der Waals surface area contributed by atoms with Crippen molar-refractivity contribution in [3.8, 4) is 0 Å². The second-order valence-electron chi connectivity index (χ2n) is 4.10. The van der Waals surface area contributed by atoms with Crippen molar-refractivity contribution in [2.45, 2.75) is 37.9 Å². The molecule has 0 saturated carbocycles. The lowest BCUT2D eigenvalue weighted by Crippen LogP contribution is -2.33. The van der Waals surface area contributed by atoms with Gasteiger partial charge in [0.15, 0.2) is 0 Å². The molecule has 17 heavy (non-hydrogen) atoms. The standard InChI is InChI=1S/C11H16O6/c12-10-3-1-2-4-11(13)15-6-9-8(5-14-10)16-7-17-9/h8-9H,1-7H2/t8-,9-/m1/s1. The fourth-order valence-corrected chi connectivity index (χ4v) is 1.77. The Bertz CT molecular complexity index is 262. The highest BCUT2D eigenvalue weighted by Gasteiger charge is 2.31. The molecule has 2 aliphatic rings. The average molecular weight is 244 g/mol. The topological polar surface area (TPSA) is 71.1 Å². The molecule has 2 atom stereocenters. The molecule has 0 aromatic rings. The maximum Gasteiger partial charge on any atom is 0.305 e. The summed E-state index contributed by atoms with van der Waals surface area (Å²) in [5.41, 5.74) is 0. The maximum absolute atomic E-state index is 11.3. The number of hydrogen-bond acceptors (Lipinski definition) is 6. The summed E-state index contributed by atoms with van der Waals surface area (Å²) >= 11 is 0. The number of ether oxygens (including phenoxy) is 4. The van der Waals surface area contributed by atoms with Crippen molar-refractivity contribution < 1.29 is 28.5 Å². The molecule has 0 aromatic heterocycles. The number of cyclic esters (lactones) is 2. The first-order valence-corrected chi connectivity index (χ1v) is 5.80. The van der Waals surface area contributed by atoms with Crippen LogP contribution < -0.4 is 0 Å². The molecule has 2 aliphatic heterocycles. The predicted molar refractivity (Wildman–Crippen MR) is 55.0 cm³/mol. The molecule has 0 spiro atoms. The molecular formula is C11H16O6. The van der Waals surface area contributed by atoms with Crippen LogP contribution in [0.4, 0.5) is 0 Å². The van der Waals surface area contributed by atoms with E-state index in [1.807, 2.05) is 0 Å². The van der Waals surface area contributed by atoms with E-state index >= 15 is 0 Å². The SMILES string of the molecule is O=C1CCCCC(=O)OC[C@H]2OCO[C@@H]2CO1. The highest BCUT2D eigenvalue weighted by atomic mass is 16.7. The number of hydrogen-bond donors (Lipinski definition) is 0. The summed E-state index contributed by atoms with van der Waals surface area (Å²) in [5, 5.41) is 0. The van der Waals surface area contributed by atoms with Gasteiger partial charge >= 0.3 is 11.9 Å². The second kappa shape index (κ2) is 5.97. The second-order valence-corrected chi connectivity index (χ2v) is 4.10. The predicted octanol–water partition coefficient (Wildman–Crippen LogP) is 0.388. The largest absolute Gasteiger partial charge is 0.463 e. The first kappa shape index (κ1) is 12.3. The fourth-order valence-electron chi connectivity index (χ4n) is 1.77. The van der Waals surface area contributed by atoms with Crippen LogP contribution in [0.1, 0.15) is 25.7 Å². The van der Waals surface area contributed by atoms with Crippen molar-refractivity contribution in [2.24, 2.45) is 0 Å². The molecule has 0 aliphatic carbocycles. The van der Waals surface area contributed by atoms with Gasteiger partial charge < -0.3 is 18.9 Å². The first-order chi connectivity index (χ1) is 8.25. The molecule has 2 fully saturated rings. The van der Waals surface area contributed by atoms with Gasteiger partial charge in [-0.1, -0.05) is 0 Å². The highest BCUT2D eigenvalue weighted by Crippen LogP contribution is 2.16. The quantitative estimate of drug-likeness (QED) is 0.574. The molecule has 2 heterocycles. The van der Waals surface area contributed by atoms with E-state index in [-0.39, 0.29) is 44.2 Å². The molecule has 0 radical (unpaired) electrons. The molecule has 2 rings (SSSR count). The Kier molecular flexibility index (Phi) is 4.33. The van der Waals surface area contributed by atoms with Crippen molar-refractivity contribution >= 4 is 11.9 Å². The summed E-state index contributed by atoms with van der Waals surface area (Å²) in [5.74, 6) is -0.513. The van der Waals surface area contributed by atoms with E-state index < -0.39 is 0 Å². The Hall–Kier alpha value is -1.14. The average Bonchev–Trinajstić information content (AvgIpc) is 2.75. The van der Waals surface area contributed by atoms with Crippen LogP contribution in [-0.4, -0.2) is 44.2 Å². The van der Waals surface area contributed by atoms with Crippen LogP contribution in [0.15, 0.2) is 0 Å². The monoisotopic (exact) mass is 244 g/mol. The van der Waals surface area contributed by atoms with Crippen molar-refractivity contribution in [1.29, 1.82) is 0 Å². The Morgan fingerprint density at radius 1 is 0.824 bits per heavy atom. The Balaban J connectivity index is 1.91. The molecular weight excluding hydrogens is 228 g/mol. The zero-order chi connectivity index (χ0) is 12.1. The third-order valence-electron chi connectivity index (χ3n) is 2.81. The minimum absolute atomic E-state index is 0.143. The van der Waals surface area contributed by atoms with Crippen LogP contribution in [0, 0.1) is 0 Å². The number of carbonyl (C=O) groups is 2. The van der Waals surface area contributed by atoms with E-state index in [9.17, 15) is 9.59 Å². The number of carbonyl (C=O) groups excluding carboxylic acids is 2. The Labute approximate surface area is 99.2 Å². The van der Waals surface area contributed by atoms with Gasteiger partial charge in [0, 0.05) is 12.8 Å². The summed E-state index contributed by atoms with van der Waals surface area (Å²) in [6.45, 7) is 0.451. The van der Waals surface area contributed by atoms with Crippen LogP contribution in [0.2, 0.25) is 0 Å². The molecule has 0 N–H and O–H groups in total. The van der Waals surface area contributed by atoms with E-state index in [0.717, 1.165) is 0 Å². The first-order valence-electron chi connectivity index (χ1n) is 5.80. The zero-order valence-electron chi connectivity index (χ0n) is 9.55. The zero-order valence-corrected chi connectivity index (χ0v) is 9.55.